The van der Waals surface area contributed by atoms with Gasteiger partial charge < -0.3 is 14.4 Å². The first-order valence-electron chi connectivity index (χ1n) is 12.0. The van der Waals surface area contributed by atoms with Gasteiger partial charge in [-0.3, -0.25) is 4.39 Å². The number of ether oxygens (including phenoxy) is 2. The van der Waals surface area contributed by atoms with Crippen molar-refractivity contribution in [2.24, 2.45) is 0 Å². The smallest absolute Gasteiger partial charge is 0.150 e. The lowest BCUT2D eigenvalue weighted by molar-refractivity contribution is -0.0385. The minimum Gasteiger partial charge on any atom is -0.377 e. The van der Waals surface area contributed by atoms with Crippen LogP contribution in [-0.4, -0.2) is 58.2 Å². The first-order chi connectivity index (χ1) is 16.1. The van der Waals surface area contributed by atoms with E-state index in [2.05, 4.69) is 24.0 Å². The SMILES string of the molecule is Cc1cc(-c2nsc3c(C4(CF)CC4)cc(N4CCOC[C@H]4C)nc23)n(C2CCCCO2)n1. The Kier molecular flexibility index (Phi) is 5.38. The zero-order valence-corrected chi connectivity index (χ0v) is 20.0. The summed E-state index contributed by atoms with van der Waals surface area (Å²) >= 11 is 1.43. The lowest BCUT2D eigenvalue weighted by atomic mass is 9.97. The minimum absolute atomic E-state index is 0.0817. The molecule has 0 N–H and O–H groups in total. The molecule has 5 heterocycles. The molecule has 1 saturated carbocycles. The van der Waals surface area contributed by atoms with Gasteiger partial charge in [0.25, 0.3) is 0 Å². The summed E-state index contributed by atoms with van der Waals surface area (Å²) in [6.45, 7) is 6.68. The van der Waals surface area contributed by atoms with Crippen LogP contribution in [0.25, 0.3) is 21.6 Å². The highest BCUT2D eigenvalue weighted by Gasteiger charge is 2.47. The molecule has 3 aromatic rings. The van der Waals surface area contributed by atoms with Crippen molar-refractivity contribution in [2.75, 3.05) is 37.9 Å². The Morgan fingerprint density at radius 2 is 2.12 bits per heavy atom. The molecule has 0 amide bonds. The summed E-state index contributed by atoms with van der Waals surface area (Å²) in [5.41, 5.74) is 4.20. The normalized spacial score (nSPS) is 25.0. The molecule has 2 atom stereocenters. The van der Waals surface area contributed by atoms with Gasteiger partial charge in [-0.15, -0.1) is 0 Å². The molecule has 3 aliphatic rings. The van der Waals surface area contributed by atoms with Crippen LogP contribution in [0.2, 0.25) is 0 Å². The van der Waals surface area contributed by atoms with E-state index in [1.165, 1.54) is 11.5 Å². The largest absolute Gasteiger partial charge is 0.377 e. The first kappa shape index (κ1) is 21.4. The van der Waals surface area contributed by atoms with Crippen LogP contribution in [0.5, 0.6) is 0 Å². The van der Waals surface area contributed by atoms with Crippen LogP contribution < -0.4 is 4.90 Å². The summed E-state index contributed by atoms with van der Waals surface area (Å²) in [6, 6.07) is 4.40. The number of pyridine rings is 1. The van der Waals surface area contributed by atoms with Gasteiger partial charge in [0.2, 0.25) is 0 Å². The molecule has 9 heteroatoms. The average Bonchev–Trinajstić information content (AvgIpc) is 3.38. The van der Waals surface area contributed by atoms with Crippen molar-refractivity contribution in [1.29, 1.82) is 0 Å². The molecule has 2 saturated heterocycles. The van der Waals surface area contributed by atoms with E-state index in [0.29, 0.717) is 13.2 Å². The number of nitrogens with zero attached hydrogens (tertiary/aromatic N) is 5. The molecule has 6 rings (SSSR count). The fourth-order valence-electron chi connectivity index (χ4n) is 5.14. The van der Waals surface area contributed by atoms with Crippen LogP contribution in [0.1, 0.15) is 56.5 Å². The van der Waals surface area contributed by atoms with Crippen LogP contribution in [0.4, 0.5) is 10.2 Å². The van der Waals surface area contributed by atoms with Crippen LogP contribution in [0.3, 0.4) is 0 Å². The van der Waals surface area contributed by atoms with E-state index in [4.69, 9.17) is 23.9 Å². The highest BCUT2D eigenvalue weighted by molar-refractivity contribution is 7.13. The van der Waals surface area contributed by atoms with Crippen molar-refractivity contribution in [1.82, 2.24) is 19.1 Å². The maximum atomic E-state index is 14.2. The van der Waals surface area contributed by atoms with Gasteiger partial charge >= 0.3 is 0 Å². The van der Waals surface area contributed by atoms with Crippen molar-refractivity contribution < 1.29 is 13.9 Å². The number of morpholine rings is 1. The van der Waals surface area contributed by atoms with Gasteiger partial charge in [0.05, 0.1) is 42.0 Å². The summed E-state index contributed by atoms with van der Waals surface area (Å²) in [4.78, 5) is 7.42. The van der Waals surface area contributed by atoms with Crippen molar-refractivity contribution >= 4 is 27.6 Å². The molecule has 1 unspecified atom stereocenters. The fraction of sp³-hybridized carbons (Fsp3) is 0.625. The van der Waals surface area contributed by atoms with Gasteiger partial charge in [-0.2, -0.15) is 9.47 Å². The molecule has 33 heavy (non-hydrogen) atoms. The number of aryl methyl sites for hydroxylation is 1. The number of rotatable bonds is 5. The topological polar surface area (TPSA) is 65.3 Å². The van der Waals surface area contributed by atoms with E-state index in [0.717, 1.165) is 83.9 Å². The number of alkyl halides is 1. The van der Waals surface area contributed by atoms with Crippen molar-refractivity contribution in [3.63, 3.8) is 0 Å². The van der Waals surface area contributed by atoms with Gasteiger partial charge in [-0.25, -0.2) is 9.67 Å². The second-order valence-electron chi connectivity index (χ2n) is 9.70. The van der Waals surface area contributed by atoms with Crippen LogP contribution >= 0.6 is 11.5 Å². The summed E-state index contributed by atoms with van der Waals surface area (Å²) < 4.78 is 33.8. The van der Waals surface area contributed by atoms with E-state index >= 15 is 0 Å². The van der Waals surface area contributed by atoms with E-state index in [9.17, 15) is 4.39 Å². The monoisotopic (exact) mass is 471 g/mol. The zero-order valence-electron chi connectivity index (χ0n) is 19.2. The standard InChI is InChI=1S/C24H30FN5O2S/c1-15-11-18(30(27-15)20-5-3-4-9-32-20)21-22-23(33-28-21)17(24(14-25)6-7-24)12-19(26-22)29-8-10-31-13-16(29)2/h11-12,16,20H,3-10,13-14H2,1-2H3/t16-,20?/m1/s1. The minimum atomic E-state index is -0.391. The van der Waals surface area contributed by atoms with Crippen LogP contribution in [-0.2, 0) is 14.9 Å². The molecule has 3 aromatic heterocycles. The molecule has 0 spiro atoms. The third kappa shape index (κ3) is 3.65. The first-order valence-corrected chi connectivity index (χ1v) is 12.8. The predicted octanol–water partition coefficient (Wildman–Crippen LogP) is 4.79. The molecule has 2 aliphatic heterocycles. The van der Waals surface area contributed by atoms with Crippen LogP contribution in [0, 0.1) is 6.92 Å². The second kappa shape index (κ2) is 8.29. The fourth-order valence-corrected chi connectivity index (χ4v) is 6.10. The van der Waals surface area contributed by atoms with Gasteiger partial charge in [-0.1, -0.05) is 0 Å². The van der Waals surface area contributed by atoms with E-state index in [1.54, 1.807) is 0 Å². The lowest BCUT2D eigenvalue weighted by Gasteiger charge is -2.34. The number of aromatic nitrogens is 4. The van der Waals surface area contributed by atoms with Crippen molar-refractivity contribution in [3.8, 4) is 11.4 Å². The predicted molar refractivity (Wildman–Crippen MR) is 127 cm³/mol. The molecular formula is C24H30FN5O2S. The summed E-state index contributed by atoms with van der Waals surface area (Å²) in [6.07, 6.45) is 4.82. The number of hydrogen-bond acceptors (Lipinski definition) is 7. The zero-order chi connectivity index (χ0) is 22.6. The average molecular weight is 472 g/mol. The Morgan fingerprint density at radius 3 is 2.85 bits per heavy atom. The Hall–Kier alpha value is -2.10. The maximum absolute atomic E-state index is 14.2. The van der Waals surface area contributed by atoms with E-state index < -0.39 is 5.41 Å². The van der Waals surface area contributed by atoms with Gasteiger partial charge in [-0.05, 0) is 75.2 Å². The molecule has 3 fully saturated rings. The molecule has 0 aromatic carbocycles. The van der Waals surface area contributed by atoms with Gasteiger partial charge in [0, 0.05) is 18.6 Å². The Morgan fingerprint density at radius 1 is 1.24 bits per heavy atom. The van der Waals surface area contributed by atoms with Gasteiger partial charge in [0.1, 0.15) is 17.0 Å². The highest BCUT2D eigenvalue weighted by Crippen LogP contribution is 2.52. The molecule has 1 aliphatic carbocycles. The molecule has 0 bridgehead atoms. The van der Waals surface area contributed by atoms with Gasteiger partial charge in [0.15, 0.2) is 6.23 Å². The number of fused-ring (bicyclic) bond motifs is 1. The van der Waals surface area contributed by atoms with Crippen LogP contribution in [0.15, 0.2) is 12.1 Å². The molecule has 0 radical (unpaired) electrons. The Balaban J connectivity index is 1.52. The quantitative estimate of drug-likeness (QED) is 0.533. The second-order valence-corrected chi connectivity index (χ2v) is 10.5. The van der Waals surface area contributed by atoms with Crippen molar-refractivity contribution in [2.45, 2.75) is 63.6 Å². The lowest BCUT2D eigenvalue weighted by Crippen LogP contribution is -2.44. The maximum Gasteiger partial charge on any atom is 0.150 e. The Labute approximate surface area is 197 Å². The van der Waals surface area contributed by atoms with E-state index in [-0.39, 0.29) is 18.9 Å². The summed E-state index contributed by atoms with van der Waals surface area (Å²) in [7, 11) is 0. The number of hydrogen-bond donors (Lipinski definition) is 0. The molecular weight excluding hydrogens is 441 g/mol. The third-order valence-corrected chi connectivity index (χ3v) is 8.15. The summed E-state index contributed by atoms with van der Waals surface area (Å²) in [5.74, 6) is 0.895. The number of halogens is 1. The molecule has 176 valence electrons. The molecule has 7 nitrogen and oxygen atoms in total. The number of anilines is 1. The Bertz CT molecular complexity index is 1170. The van der Waals surface area contributed by atoms with E-state index in [1.807, 2.05) is 11.6 Å². The van der Waals surface area contributed by atoms with Crippen molar-refractivity contribution in [3.05, 3.63) is 23.4 Å². The highest BCUT2D eigenvalue weighted by atomic mass is 32.1. The summed E-state index contributed by atoms with van der Waals surface area (Å²) in [5, 5.41) is 4.76. The third-order valence-electron chi connectivity index (χ3n) is 7.28.